The number of hydrogen-bond acceptors (Lipinski definition) is 3. The fourth-order valence-electron chi connectivity index (χ4n) is 5.47. The molecule has 5 rings (SSSR count). The van der Waals surface area contributed by atoms with Gasteiger partial charge in [-0.3, -0.25) is 9.69 Å². The number of benzene rings is 3. The number of para-hydroxylation sites is 1. The van der Waals surface area contributed by atoms with E-state index in [9.17, 15) is 18.0 Å². The Morgan fingerprint density at radius 1 is 0.806 bits per heavy atom. The fraction of sp³-hybridized carbons (Fsp3) is 0.345. The first-order chi connectivity index (χ1) is 17.4. The third kappa shape index (κ3) is 5.41. The van der Waals surface area contributed by atoms with Crippen molar-refractivity contribution in [3.8, 4) is 0 Å². The lowest BCUT2D eigenvalue weighted by Gasteiger charge is -2.38. The Morgan fingerprint density at radius 2 is 1.47 bits per heavy atom. The lowest BCUT2D eigenvalue weighted by atomic mass is 9.87. The number of carbonyl (C=O) groups is 1. The van der Waals surface area contributed by atoms with Gasteiger partial charge in [-0.1, -0.05) is 54.6 Å². The van der Waals surface area contributed by atoms with Crippen LogP contribution in [0.4, 0.5) is 18.9 Å². The zero-order valence-corrected chi connectivity index (χ0v) is 20.1. The monoisotopic (exact) mass is 493 g/mol. The van der Waals surface area contributed by atoms with E-state index >= 15 is 0 Å². The SMILES string of the molecule is O=C(c1ccccc1)N1C[C@@H](CN2CCN(c3ccccc3)CC2)[C@@H](c2cccc(C(F)(F)F)c2)C1. The van der Waals surface area contributed by atoms with Crippen molar-refractivity contribution in [2.24, 2.45) is 5.92 Å². The number of halogens is 3. The molecule has 0 bridgehead atoms. The van der Waals surface area contributed by atoms with E-state index in [0.717, 1.165) is 38.8 Å². The van der Waals surface area contributed by atoms with E-state index in [2.05, 4.69) is 21.9 Å². The summed E-state index contributed by atoms with van der Waals surface area (Å²) in [6.07, 6.45) is -4.39. The molecule has 2 atom stereocenters. The fourth-order valence-corrected chi connectivity index (χ4v) is 5.47. The van der Waals surface area contributed by atoms with Gasteiger partial charge >= 0.3 is 6.18 Å². The first kappa shape index (κ1) is 24.4. The topological polar surface area (TPSA) is 26.8 Å². The van der Waals surface area contributed by atoms with Gasteiger partial charge in [0.1, 0.15) is 0 Å². The Labute approximate surface area is 209 Å². The smallest absolute Gasteiger partial charge is 0.369 e. The maximum Gasteiger partial charge on any atom is 0.416 e. The van der Waals surface area contributed by atoms with Gasteiger partial charge in [-0.15, -0.1) is 0 Å². The summed E-state index contributed by atoms with van der Waals surface area (Å²) in [7, 11) is 0. The lowest BCUT2D eigenvalue weighted by molar-refractivity contribution is -0.137. The molecule has 0 spiro atoms. The highest BCUT2D eigenvalue weighted by Crippen LogP contribution is 2.37. The minimum absolute atomic E-state index is 0.0596. The van der Waals surface area contributed by atoms with Crippen molar-refractivity contribution >= 4 is 11.6 Å². The molecule has 7 heteroatoms. The average Bonchev–Trinajstić information content (AvgIpc) is 3.33. The molecule has 2 aliphatic heterocycles. The summed E-state index contributed by atoms with van der Waals surface area (Å²) in [4.78, 5) is 19.8. The number of carbonyl (C=O) groups excluding carboxylic acids is 1. The number of nitrogens with zero attached hydrogens (tertiary/aromatic N) is 3. The molecule has 0 N–H and O–H groups in total. The van der Waals surface area contributed by atoms with E-state index in [-0.39, 0.29) is 17.7 Å². The molecule has 0 radical (unpaired) electrons. The molecule has 0 aliphatic carbocycles. The third-order valence-corrected chi connectivity index (χ3v) is 7.38. The van der Waals surface area contributed by atoms with E-state index < -0.39 is 11.7 Å². The Bertz CT molecular complexity index is 1160. The minimum Gasteiger partial charge on any atom is -0.369 e. The predicted molar refractivity (Wildman–Crippen MR) is 135 cm³/mol. The molecule has 3 aromatic carbocycles. The zero-order valence-electron chi connectivity index (χ0n) is 20.1. The van der Waals surface area contributed by atoms with Crippen molar-refractivity contribution in [2.45, 2.75) is 12.1 Å². The third-order valence-electron chi connectivity index (χ3n) is 7.38. The van der Waals surface area contributed by atoms with Gasteiger partial charge < -0.3 is 9.80 Å². The van der Waals surface area contributed by atoms with Crippen LogP contribution < -0.4 is 4.90 Å². The van der Waals surface area contributed by atoms with Crippen LogP contribution >= 0.6 is 0 Å². The van der Waals surface area contributed by atoms with Crippen molar-refractivity contribution in [3.63, 3.8) is 0 Å². The number of hydrogen-bond donors (Lipinski definition) is 0. The molecule has 188 valence electrons. The Kier molecular flexibility index (Phi) is 7.01. The van der Waals surface area contributed by atoms with Crippen LogP contribution in [0.3, 0.4) is 0 Å². The molecule has 2 saturated heterocycles. The summed E-state index contributed by atoms with van der Waals surface area (Å²) in [6.45, 7) is 5.27. The van der Waals surface area contributed by atoms with E-state index in [0.29, 0.717) is 24.2 Å². The molecule has 0 unspecified atom stereocenters. The normalized spacial score (nSPS) is 21.1. The average molecular weight is 494 g/mol. The minimum atomic E-state index is -4.39. The van der Waals surface area contributed by atoms with Gasteiger partial charge in [0.15, 0.2) is 0 Å². The van der Waals surface area contributed by atoms with E-state index in [1.165, 1.54) is 17.8 Å². The first-order valence-electron chi connectivity index (χ1n) is 12.4. The van der Waals surface area contributed by atoms with Crippen LogP contribution in [-0.4, -0.2) is 61.5 Å². The van der Waals surface area contributed by atoms with Gasteiger partial charge in [-0.25, -0.2) is 0 Å². The summed E-state index contributed by atoms with van der Waals surface area (Å²) in [5.74, 6) is -0.152. The second kappa shape index (κ2) is 10.3. The lowest BCUT2D eigenvalue weighted by Crippen LogP contribution is -2.48. The predicted octanol–water partition coefficient (Wildman–Crippen LogP) is 5.38. The van der Waals surface area contributed by atoms with Crippen molar-refractivity contribution < 1.29 is 18.0 Å². The van der Waals surface area contributed by atoms with Crippen LogP contribution in [-0.2, 0) is 6.18 Å². The molecule has 2 fully saturated rings. The largest absolute Gasteiger partial charge is 0.416 e. The molecule has 1 amide bonds. The molecular formula is C29H30F3N3O. The summed E-state index contributed by atoms with van der Waals surface area (Å²) >= 11 is 0. The van der Waals surface area contributed by atoms with Gasteiger partial charge in [0.05, 0.1) is 5.56 Å². The number of piperazine rings is 1. The highest BCUT2D eigenvalue weighted by molar-refractivity contribution is 5.94. The van der Waals surface area contributed by atoms with Gasteiger partial charge in [-0.2, -0.15) is 13.2 Å². The molecule has 3 aromatic rings. The second-order valence-corrected chi connectivity index (χ2v) is 9.69. The number of likely N-dealkylation sites (tertiary alicyclic amines) is 1. The quantitative estimate of drug-likeness (QED) is 0.477. The number of rotatable bonds is 5. The van der Waals surface area contributed by atoms with Crippen molar-refractivity contribution in [1.82, 2.24) is 9.80 Å². The summed E-state index contributed by atoms with van der Waals surface area (Å²) in [6, 6.07) is 25.1. The van der Waals surface area contributed by atoms with E-state index in [1.54, 1.807) is 18.2 Å². The Balaban J connectivity index is 1.33. The molecule has 2 aliphatic rings. The standard InChI is InChI=1S/C29H30F3N3O/c30-29(31,32)25-11-7-10-23(18-25)27-21-35(28(36)22-8-3-1-4-9-22)20-24(27)19-33-14-16-34(17-15-33)26-12-5-2-6-13-26/h1-13,18,24,27H,14-17,19-21H2/t24-,27-/m1/s1. The molecule has 4 nitrogen and oxygen atoms in total. The van der Waals surface area contributed by atoms with Crippen LogP contribution in [0, 0.1) is 5.92 Å². The van der Waals surface area contributed by atoms with Crippen molar-refractivity contribution in [1.29, 1.82) is 0 Å². The molecule has 36 heavy (non-hydrogen) atoms. The molecular weight excluding hydrogens is 463 g/mol. The van der Waals surface area contributed by atoms with Crippen LogP contribution in [0.1, 0.15) is 27.4 Å². The highest BCUT2D eigenvalue weighted by atomic mass is 19.4. The van der Waals surface area contributed by atoms with Gasteiger partial charge in [0.2, 0.25) is 0 Å². The van der Waals surface area contributed by atoms with E-state index in [4.69, 9.17) is 0 Å². The molecule has 0 saturated carbocycles. The van der Waals surface area contributed by atoms with Gasteiger partial charge in [0, 0.05) is 63.0 Å². The van der Waals surface area contributed by atoms with Gasteiger partial charge in [0.25, 0.3) is 5.91 Å². The first-order valence-corrected chi connectivity index (χ1v) is 12.4. The van der Waals surface area contributed by atoms with Crippen LogP contribution in [0.15, 0.2) is 84.9 Å². The van der Waals surface area contributed by atoms with Crippen LogP contribution in [0.2, 0.25) is 0 Å². The Morgan fingerprint density at radius 3 is 2.14 bits per heavy atom. The van der Waals surface area contributed by atoms with Gasteiger partial charge in [-0.05, 0) is 41.8 Å². The maximum atomic E-state index is 13.5. The van der Waals surface area contributed by atoms with E-state index in [1.807, 2.05) is 41.3 Å². The maximum absolute atomic E-state index is 13.5. The number of alkyl halides is 3. The van der Waals surface area contributed by atoms with Crippen LogP contribution in [0.5, 0.6) is 0 Å². The Hall–Kier alpha value is -3.32. The zero-order chi connectivity index (χ0) is 25.1. The molecule has 2 heterocycles. The van der Waals surface area contributed by atoms with Crippen molar-refractivity contribution in [2.75, 3.05) is 50.7 Å². The molecule has 0 aromatic heterocycles. The number of amides is 1. The summed E-state index contributed by atoms with van der Waals surface area (Å²) < 4.78 is 40.4. The van der Waals surface area contributed by atoms with Crippen molar-refractivity contribution in [3.05, 3.63) is 102 Å². The highest BCUT2D eigenvalue weighted by Gasteiger charge is 2.39. The second-order valence-electron chi connectivity index (χ2n) is 9.69. The van der Waals surface area contributed by atoms with Crippen LogP contribution in [0.25, 0.3) is 0 Å². The number of anilines is 1. The summed E-state index contributed by atoms with van der Waals surface area (Å²) in [5, 5.41) is 0. The summed E-state index contributed by atoms with van der Waals surface area (Å²) in [5.41, 5.74) is 1.83.